The van der Waals surface area contributed by atoms with Crippen LogP contribution < -0.4 is 0 Å². The van der Waals surface area contributed by atoms with Crippen molar-refractivity contribution in [3.8, 4) is 22.3 Å². The van der Waals surface area contributed by atoms with Gasteiger partial charge in [0.1, 0.15) is 0 Å². The fourth-order valence-electron chi connectivity index (χ4n) is 7.86. The predicted molar refractivity (Wildman–Crippen MR) is 183 cm³/mol. The first-order valence-electron chi connectivity index (χ1n) is 17.0. The van der Waals surface area contributed by atoms with Crippen LogP contribution in [0.2, 0.25) is 0 Å². The van der Waals surface area contributed by atoms with E-state index in [0.29, 0.717) is 0 Å². The summed E-state index contributed by atoms with van der Waals surface area (Å²) in [6.07, 6.45) is 18.6. The molecule has 0 aliphatic heterocycles. The number of nitrogens with one attached hydrogen (secondary N) is 1. The minimum atomic E-state index is 0.0547. The maximum absolute atomic E-state index is 3.76. The van der Waals surface area contributed by atoms with Crippen LogP contribution in [0.4, 0.5) is 0 Å². The Morgan fingerprint density at radius 3 is 1.83 bits per heavy atom. The van der Waals surface area contributed by atoms with Crippen molar-refractivity contribution in [3.05, 3.63) is 96.1 Å². The summed E-state index contributed by atoms with van der Waals surface area (Å²) in [5.74, 6) is 0. The highest BCUT2D eigenvalue weighted by Crippen LogP contribution is 2.58. The molecule has 0 atom stereocenters. The van der Waals surface area contributed by atoms with Crippen molar-refractivity contribution < 1.29 is 0 Å². The van der Waals surface area contributed by atoms with Crippen molar-refractivity contribution in [2.75, 3.05) is 0 Å². The molecule has 42 heavy (non-hydrogen) atoms. The molecular weight excluding hydrogens is 506 g/mol. The van der Waals surface area contributed by atoms with E-state index in [1.54, 1.807) is 11.1 Å². The fraction of sp³-hybridized carbons (Fsp3) is 0.415. The Hall–Kier alpha value is -3.32. The van der Waals surface area contributed by atoms with Crippen LogP contribution in [0.5, 0.6) is 0 Å². The molecule has 218 valence electrons. The van der Waals surface area contributed by atoms with E-state index in [1.807, 2.05) is 0 Å². The normalized spacial score (nSPS) is 13.6. The highest BCUT2D eigenvalue weighted by Gasteiger charge is 2.44. The van der Waals surface area contributed by atoms with Crippen molar-refractivity contribution in [2.24, 2.45) is 0 Å². The molecule has 0 fully saturated rings. The minimum Gasteiger partial charge on any atom is -0.354 e. The van der Waals surface area contributed by atoms with E-state index >= 15 is 0 Å². The fourth-order valence-corrected chi connectivity index (χ4v) is 7.86. The second kappa shape index (κ2) is 13.3. The molecule has 4 aromatic carbocycles. The quantitative estimate of drug-likeness (QED) is 0.124. The summed E-state index contributed by atoms with van der Waals surface area (Å²) in [7, 11) is 0. The lowest BCUT2D eigenvalue weighted by atomic mass is 9.68. The average molecular weight is 556 g/mol. The van der Waals surface area contributed by atoms with Crippen LogP contribution in [0.25, 0.3) is 44.1 Å². The first-order valence-corrected chi connectivity index (χ1v) is 17.0. The van der Waals surface area contributed by atoms with E-state index in [4.69, 9.17) is 0 Å². The number of hydrogen-bond donors (Lipinski definition) is 1. The van der Waals surface area contributed by atoms with Crippen LogP contribution in [0.3, 0.4) is 0 Å². The van der Waals surface area contributed by atoms with Crippen LogP contribution in [0, 0.1) is 0 Å². The number of unbranched alkanes of at least 4 members (excludes halogenated alkanes) is 10. The molecule has 0 saturated carbocycles. The zero-order valence-electron chi connectivity index (χ0n) is 26.0. The Balaban J connectivity index is 1.49. The van der Waals surface area contributed by atoms with Crippen LogP contribution in [0.15, 0.2) is 84.9 Å². The Labute approximate surface area is 253 Å². The highest BCUT2D eigenvalue weighted by atomic mass is 14.7. The van der Waals surface area contributed by atoms with Gasteiger partial charge in [-0.15, -0.1) is 0 Å². The molecule has 1 aromatic heterocycles. The lowest BCUT2D eigenvalue weighted by Gasteiger charge is -2.34. The molecule has 0 spiro atoms. The van der Waals surface area contributed by atoms with Gasteiger partial charge in [-0.2, -0.15) is 0 Å². The molecule has 0 saturated heterocycles. The number of H-pyrrole nitrogens is 1. The molecule has 0 radical (unpaired) electrons. The largest absolute Gasteiger partial charge is 0.354 e. The Bertz CT molecular complexity index is 1590. The van der Waals surface area contributed by atoms with E-state index in [1.165, 1.54) is 134 Å². The maximum Gasteiger partial charge on any atom is 0.0471 e. The first-order chi connectivity index (χ1) is 20.8. The Morgan fingerprint density at radius 2 is 1.12 bits per heavy atom. The Kier molecular flexibility index (Phi) is 9.13. The van der Waals surface area contributed by atoms with E-state index < -0.39 is 0 Å². The highest BCUT2D eigenvalue weighted by molar-refractivity contribution is 6.09. The van der Waals surface area contributed by atoms with Gasteiger partial charge >= 0.3 is 0 Å². The van der Waals surface area contributed by atoms with Crippen molar-refractivity contribution in [1.29, 1.82) is 0 Å². The van der Waals surface area contributed by atoms with Crippen molar-refractivity contribution >= 4 is 21.8 Å². The number of fused-ring (bicyclic) bond motifs is 6. The maximum atomic E-state index is 3.76. The molecule has 0 unspecified atom stereocenters. The van der Waals surface area contributed by atoms with E-state index in [9.17, 15) is 0 Å². The summed E-state index contributed by atoms with van der Waals surface area (Å²) in [4.78, 5) is 3.76. The number of rotatable bonds is 15. The third kappa shape index (κ3) is 5.56. The van der Waals surface area contributed by atoms with Gasteiger partial charge in [0.15, 0.2) is 0 Å². The van der Waals surface area contributed by atoms with Gasteiger partial charge in [0.25, 0.3) is 0 Å². The van der Waals surface area contributed by atoms with Crippen molar-refractivity contribution in [1.82, 2.24) is 4.98 Å². The smallest absolute Gasteiger partial charge is 0.0471 e. The van der Waals surface area contributed by atoms with E-state index in [-0.39, 0.29) is 5.41 Å². The van der Waals surface area contributed by atoms with Gasteiger partial charge in [0, 0.05) is 27.2 Å². The number of hydrogen-bond acceptors (Lipinski definition) is 0. The van der Waals surface area contributed by atoms with Crippen molar-refractivity contribution in [3.63, 3.8) is 0 Å². The second-order valence-electron chi connectivity index (χ2n) is 12.8. The second-order valence-corrected chi connectivity index (χ2v) is 12.8. The lowest BCUT2D eigenvalue weighted by molar-refractivity contribution is 0.399. The van der Waals surface area contributed by atoms with Crippen LogP contribution >= 0.6 is 0 Å². The third-order valence-electron chi connectivity index (χ3n) is 9.99. The first kappa shape index (κ1) is 28.8. The predicted octanol–water partition coefficient (Wildman–Crippen LogP) is 12.8. The standard InChI is InChI=1S/C41H49N/c1-3-5-7-9-11-18-27-41(28-19-12-10-8-6-4-2)37-29-36-33-23-16-17-26-38(33)42-39(36)30-35(37)34-25-20-24-32(40(34)41)31-21-14-13-15-22-31/h13-17,20-26,29-30,42H,3-12,18-19,27-28H2,1-2H3. The molecule has 6 rings (SSSR count). The molecule has 1 heteroatoms. The number of aromatic amines is 1. The van der Waals surface area contributed by atoms with Gasteiger partial charge in [0.05, 0.1) is 0 Å². The summed E-state index contributed by atoms with van der Waals surface area (Å²) in [6.45, 7) is 4.64. The van der Waals surface area contributed by atoms with Crippen LogP contribution in [-0.2, 0) is 5.41 Å². The molecule has 1 aliphatic rings. The van der Waals surface area contributed by atoms with Crippen molar-refractivity contribution in [2.45, 2.75) is 109 Å². The van der Waals surface area contributed by atoms with Gasteiger partial charge in [-0.25, -0.2) is 0 Å². The van der Waals surface area contributed by atoms with E-state index in [0.717, 1.165) is 0 Å². The SMILES string of the molecule is CCCCCCCCC1(CCCCCCCC)c2cc3c(cc2-c2cccc(-c4ccccc4)c21)[nH]c1ccccc13. The van der Waals surface area contributed by atoms with Gasteiger partial charge in [-0.05, 0) is 64.4 Å². The molecule has 0 bridgehead atoms. The number of benzene rings is 4. The zero-order valence-corrected chi connectivity index (χ0v) is 26.0. The molecular formula is C41H49N. The summed E-state index contributed by atoms with van der Waals surface area (Å²) in [5, 5.41) is 2.73. The number of para-hydroxylation sites is 1. The molecule has 1 N–H and O–H groups in total. The average Bonchev–Trinajstić information content (AvgIpc) is 3.53. The molecule has 1 aliphatic carbocycles. The van der Waals surface area contributed by atoms with Gasteiger partial charge in [-0.3, -0.25) is 0 Å². The minimum absolute atomic E-state index is 0.0547. The van der Waals surface area contributed by atoms with Gasteiger partial charge < -0.3 is 4.98 Å². The van der Waals surface area contributed by atoms with Gasteiger partial charge in [-0.1, -0.05) is 158 Å². The Morgan fingerprint density at radius 1 is 0.500 bits per heavy atom. The molecule has 0 amide bonds. The summed E-state index contributed by atoms with van der Waals surface area (Å²) in [6, 6.07) is 32.2. The lowest BCUT2D eigenvalue weighted by Crippen LogP contribution is -2.26. The summed E-state index contributed by atoms with van der Waals surface area (Å²) in [5.41, 5.74) is 11.5. The van der Waals surface area contributed by atoms with Crippen LogP contribution in [0.1, 0.15) is 115 Å². The topological polar surface area (TPSA) is 15.8 Å². The molecule has 5 aromatic rings. The monoisotopic (exact) mass is 555 g/mol. The zero-order chi connectivity index (χ0) is 28.8. The third-order valence-corrected chi connectivity index (χ3v) is 9.99. The molecule has 1 nitrogen and oxygen atoms in total. The van der Waals surface area contributed by atoms with Crippen LogP contribution in [-0.4, -0.2) is 4.98 Å². The van der Waals surface area contributed by atoms with Gasteiger partial charge in [0.2, 0.25) is 0 Å². The summed E-state index contributed by atoms with van der Waals surface area (Å²) < 4.78 is 0. The molecule has 1 heterocycles. The van der Waals surface area contributed by atoms with E-state index in [2.05, 4.69) is 104 Å². The summed E-state index contributed by atoms with van der Waals surface area (Å²) >= 11 is 0. The number of aromatic nitrogens is 1.